The molecular formula is C17H20ClF2N5O. The molecule has 2 aromatic rings. The van der Waals surface area contributed by atoms with Crippen LogP contribution in [-0.2, 0) is 11.3 Å². The van der Waals surface area contributed by atoms with Gasteiger partial charge >= 0.3 is 0 Å². The van der Waals surface area contributed by atoms with Crippen LogP contribution in [0.1, 0.15) is 12.1 Å². The van der Waals surface area contributed by atoms with Crippen molar-refractivity contribution in [2.45, 2.75) is 24.9 Å². The van der Waals surface area contributed by atoms with Gasteiger partial charge in [-0.25, -0.2) is 13.8 Å². The minimum Gasteiger partial charge on any atom is -0.339 e. The first-order valence-electron chi connectivity index (χ1n) is 8.65. The SMILES string of the molecule is O=C(C1CC(F)(F)CN1)N1CCN(Cc2cn3cc(Cl)ccc3n2)CC1. The molecule has 0 spiro atoms. The van der Waals surface area contributed by atoms with Gasteiger partial charge in [0.05, 0.1) is 23.3 Å². The maximum atomic E-state index is 13.3. The number of hydrogen-bond acceptors (Lipinski definition) is 4. The molecule has 2 aromatic heterocycles. The summed E-state index contributed by atoms with van der Waals surface area (Å²) in [6.45, 7) is 2.75. The lowest BCUT2D eigenvalue weighted by molar-refractivity contribution is -0.135. The number of pyridine rings is 1. The van der Waals surface area contributed by atoms with Crippen LogP contribution < -0.4 is 5.32 Å². The minimum atomic E-state index is -2.78. The third-order valence-corrected chi connectivity index (χ3v) is 5.17. The maximum Gasteiger partial charge on any atom is 0.262 e. The Bertz CT molecular complexity index is 819. The van der Waals surface area contributed by atoms with Gasteiger partial charge < -0.3 is 9.30 Å². The number of halogens is 3. The highest BCUT2D eigenvalue weighted by Crippen LogP contribution is 2.26. The average Bonchev–Trinajstić information content (AvgIpc) is 3.16. The summed E-state index contributed by atoms with van der Waals surface area (Å²) in [7, 11) is 0. The number of carbonyl (C=O) groups excluding carboxylic acids is 1. The highest BCUT2D eigenvalue weighted by molar-refractivity contribution is 6.30. The zero-order valence-electron chi connectivity index (χ0n) is 14.2. The Morgan fingerprint density at radius 1 is 1.27 bits per heavy atom. The second-order valence-corrected chi connectivity index (χ2v) is 7.38. The van der Waals surface area contributed by atoms with Gasteiger partial charge in [-0.05, 0) is 12.1 Å². The molecule has 6 nitrogen and oxygen atoms in total. The fourth-order valence-corrected chi connectivity index (χ4v) is 3.73. The standard InChI is InChI=1S/C17H20ClF2N5O/c18-12-1-2-15-22-13(10-25(15)8-12)9-23-3-5-24(6-4-23)16(26)14-7-17(19,20)11-21-14/h1-2,8,10,14,21H,3-7,9,11H2. The van der Waals surface area contributed by atoms with Gasteiger partial charge in [0, 0.05) is 51.5 Å². The van der Waals surface area contributed by atoms with Crippen molar-refractivity contribution < 1.29 is 13.6 Å². The van der Waals surface area contributed by atoms with Crippen molar-refractivity contribution in [1.29, 1.82) is 0 Å². The molecule has 4 heterocycles. The summed E-state index contributed by atoms with van der Waals surface area (Å²) in [6, 6.07) is 2.91. The van der Waals surface area contributed by atoms with Gasteiger partial charge in [-0.15, -0.1) is 0 Å². The van der Waals surface area contributed by atoms with Gasteiger partial charge in [-0.1, -0.05) is 11.6 Å². The van der Waals surface area contributed by atoms with E-state index in [-0.39, 0.29) is 5.91 Å². The van der Waals surface area contributed by atoms with Crippen LogP contribution in [0.3, 0.4) is 0 Å². The summed E-state index contributed by atoms with van der Waals surface area (Å²) in [6.07, 6.45) is 3.35. The molecule has 1 atom stereocenters. The first kappa shape index (κ1) is 17.6. The summed E-state index contributed by atoms with van der Waals surface area (Å²) in [5.74, 6) is -3.00. The smallest absolute Gasteiger partial charge is 0.262 e. The predicted molar refractivity (Wildman–Crippen MR) is 93.4 cm³/mol. The molecule has 2 fully saturated rings. The Kier molecular flexibility index (Phi) is 4.58. The molecule has 4 rings (SSSR count). The first-order chi connectivity index (χ1) is 12.4. The number of nitrogens with zero attached hydrogens (tertiary/aromatic N) is 4. The number of fused-ring (bicyclic) bond motifs is 1. The molecular weight excluding hydrogens is 364 g/mol. The van der Waals surface area contributed by atoms with Crippen molar-refractivity contribution in [2.24, 2.45) is 0 Å². The van der Waals surface area contributed by atoms with Gasteiger partial charge in [-0.2, -0.15) is 0 Å². The lowest BCUT2D eigenvalue weighted by Crippen LogP contribution is -2.52. The fraction of sp³-hybridized carbons (Fsp3) is 0.529. The molecule has 0 bridgehead atoms. The van der Waals surface area contributed by atoms with E-state index >= 15 is 0 Å². The van der Waals surface area contributed by atoms with Crippen LogP contribution in [-0.4, -0.2) is 69.8 Å². The van der Waals surface area contributed by atoms with E-state index in [9.17, 15) is 13.6 Å². The number of amides is 1. The number of rotatable bonds is 3. The number of aromatic nitrogens is 2. The van der Waals surface area contributed by atoms with E-state index in [1.807, 2.05) is 22.9 Å². The predicted octanol–water partition coefficient (Wildman–Crippen LogP) is 1.63. The Morgan fingerprint density at radius 2 is 2.04 bits per heavy atom. The monoisotopic (exact) mass is 383 g/mol. The van der Waals surface area contributed by atoms with E-state index < -0.39 is 24.9 Å². The topological polar surface area (TPSA) is 52.9 Å². The average molecular weight is 384 g/mol. The van der Waals surface area contributed by atoms with Crippen LogP contribution in [0.15, 0.2) is 24.5 Å². The van der Waals surface area contributed by atoms with E-state index in [4.69, 9.17) is 11.6 Å². The van der Waals surface area contributed by atoms with Gasteiger partial charge in [0.1, 0.15) is 5.65 Å². The second kappa shape index (κ2) is 6.75. The number of nitrogens with one attached hydrogen (secondary N) is 1. The minimum absolute atomic E-state index is 0.218. The molecule has 26 heavy (non-hydrogen) atoms. The fourth-order valence-electron chi connectivity index (χ4n) is 3.56. The third-order valence-electron chi connectivity index (χ3n) is 4.94. The van der Waals surface area contributed by atoms with Crippen molar-refractivity contribution >= 4 is 23.2 Å². The molecule has 140 valence electrons. The summed E-state index contributed by atoms with van der Waals surface area (Å²) in [5, 5.41) is 3.29. The van der Waals surface area contributed by atoms with E-state index in [2.05, 4.69) is 15.2 Å². The lowest BCUT2D eigenvalue weighted by atomic mass is 10.1. The summed E-state index contributed by atoms with van der Waals surface area (Å²) in [4.78, 5) is 20.8. The molecule has 2 saturated heterocycles. The number of alkyl halides is 2. The molecule has 9 heteroatoms. The van der Waals surface area contributed by atoms with Crippen molar-refractivity contribution in [3.05, 3.63) is 35.2 Å². The quantitative estimate of drug-likeness (QED) is 0.875. The van der Waals surface area contributed by atoms with Crippen LogP contribution in [0, 0.1) is 0 Å². The van der Waals surface area contributed by atoms with Crippen LogP contribution in [0.4, 0.5) is 8.78 Å². The molecule has 1 unspecified atom stereocenters. The van der Waals surface area contributed by atoms with Crippen molar-refractivity contribution in [2.75, 3.05) is 32.7 Å². The maximum absolute atomic E-state index is 13.3. The van der Waals surface area contributed by atoms with Crippen molar-refractivity contribution in [1.82, 2.24) is 24.5 Å². The van der Waals surface area contributed by atoms with Gasteiger partial charge in [-0.3, -0.25) is 15.0 Å². The number of carbonyl (C=O) groups is 1. The Morgan fingerprint density at radius 3 is 2.73 bits per heavy atom. The van der Waals surface area contributed by atoms with Crippen LogP contribution >= 0.6 is 11.6 Å². The molecule has 0 aromatic carbocycles. The largest absolute Gasteiger partial charge is 0.339 e. The number of imidazole rings is 1. The van der Waals surface area contributed by atoms with E-state index in [1.165, 1.54) is 0 Å². The summed E-state index contributed by atoms with van der Waals surface area (Å²) in [5.41, 5.74) is 1.77. The van der Waals surface area contributed by atoms with Crippen LogP contribution in [0.5, 0.6) is 0 Å². The second-order valence-electron chi connectivity index (χ2n) is 6.94. The van der Waals surface area contributed by atoms with Crippen LogP contribution in [0.25, 0.3) is 5.65 Å². The number of hydrogen-bond donors (Lipinski definition) is 1. The third kappa shape index (κ3) is 3.67. The zero-order valence-corrected chi connectivity index (χ0v) is 14.9. The molecule has 2 aliphatic heterocycles. The van der Waals surface area contributed by atoms with Crippen LogP contribution in [0.2, 0.25) is 5.02 Å². The molecule has 0 aliphatic carbocycles. The molecule has 1 amide bonds. The van der Waals surface area contributed by atoms with E-state index in [0.717, 1.165) is 11.3 Å². The Hall–Kier alpha value is -1.77. The van der Waals surface area contributed by atoms with Gasteiger partial charge in [0.15, 0.2) is 0 Å². The Balaban J connectivity index is 1.32. The van der Waals surface area contributed by atoms with Gasteiger partial charge in [0.2, 0.25) is 5.91 Å². The first-order valence-corrected chi connectivity index (χ1v) is 9.03. The van der Waals surface area contributed by atoms with E-state index in [0.29, 0.717) is 37.7 Å². The van der Waals surface area contributed by atoms with E-state index in [1.54, 1.807) is 11.0 Å². The Labute approximate surface area is 154 Å². The van der Waals surface area contributed by atoms with Crippen molar-refractivity contribution in [3.8, 4) is 0 Å². The zero-order chi connectivity index (χ0) is 18.3. The lowest BCUT2D eigenvalue weighted by Gasteiger charge is -2.35. The highest BCUT2D eigenvalue weighted by atomic mass is 35.5. The number of piperazine rings is 1. The molecule has 0 saturated carbocycles. The molecule has 0 radical (unpaired) electrons. The van der Waals surface area contributed by atoms with Gasteiger partial charge in [0.25, 0.3) is 5.92 Å². The van der Waals surface area contributed by atoms with Crippen molar-refractivity contribution in [3.63, 3.8) is 0 Å². The molecule has 1 N–H and O–H groups in total. The molecule has 2 aliphatic rings. The normalized spacial score (nSPS) is 23.7. The summed E-state index contributed by atoms with van der Waals surface area (Å²) >= 11 is 5.99. The highest BCUT2D eigenvalue weighted by Gasteiger charge is 2.43. The summed E-state index contributed by atoms with van der Waals surface area (Å²) < 4.78 is 28.5.